The molecule has 2 saturated heterocycles. The summed E-state index contributed by atoms with van der Waals surface area (Å²) in [6.45, 7) is 4.36. The minimum atomic E-state index is -0.182. The highest BCUT2D eigenvalue weighted by Crippen LogP contribution is 2.44. The average Bonchev–Trinajstić information content (AvgIpc) is 3.54. The van der Waals surface area contributed by atoms with Crippen LogP contribution < -0.4 is 15.1 Å². The van der Waals surface area contributed by atoms with E-state index in [-0.39, 0.29) is 17.8 Å². The Morgan fingerprint density at radius 1 is 0.974 bits per heavy atom. The van der Waals surface area contributed by atoms with Gasteiger partial charge in [0.1, 0.15) is 11.8 Å². The monoisotopic (exact) mass is 543 g/mol. The van der Waals surface area contributed by atoms with Gasteiger partial charge in [-0.3, -0.25) is 4.98 Å². The van der Waals surface area contributed by atoms with E-state index >= 15 is 0 Å². The number of thiocarbonyl (C=S) groups is 1. The highest BCUT2D eigenvalue weighted by molar-refractivity contribution is 7.80. The van der Waals surface area contributed by atoms with E-state index in [0.29, 0.717) is 5.11 Å². The molecule has 0 spiro atoms. The van der Waals surface area contributed by atoms with Crippen LogP contribution in [0.25, 0.3) is 5.69 Å². The first kappa shape index (κ1) is 24.8. The number of halogens is 1. The van der Waals surface area contributed by atoms with Crippen molar-refractivity contribution in [3.8, 4) is 11.4 Å². The van der Waals surface area contributed by atoms with Gasteiger partial charge in [-0.15, -0.1) is 0 Å². The molecular formula is C30H30ClN5OS. The number of nitrogens with zero attached hydrogens (tertiary/aromatic N) is 4. The summed E-state index contributed by atoms with van der Waals surface area (Å²) in [6, 6.07) is 23.2. The quantitative estimate of drug-likeness (QED) is 0.275. The molecule has 2 fully saturated rings. The van der Waals surface area contributed by atoms with Gasteiger partial charge in [0.15, 0.2) is 5.11 Å². The molecule has 4 aromatic rings. The van der Waals surface area contributed by atoms with E-state index in [1.54, 1.807) is 12.1 Å². The molecule has 2 aromatic carbocycles. The Morgan fingerprint density at radius 3 is 2.45 bits per heavy atom. The molecule has 6 rings (SSSR count). The van der Waals surface area contributed by atoms with E-state index in [1.165, 1.54) is 12.8 Å². The molecule has 0 saturated carbocycles. The topological polar surface area (TPSA) is 56.6 Å². The number of nitrogens with one attached hydrogen (secondary N) is 1. The van der Waals surface area contributed by atoms with E-state index in [0.717, 1.165) is 52.5 Å². The lowest BCUT2D eigenvalue weighted by Gasteiger charge is -2.33. The Morgan fingerprint density at radius 2 is 1.74 bits per heavy atom. The number of aromatic hydroxyl groups is 1. The number of benzene rings is 2. The van der Waals surface area contributed by atoms with Crippen molar-refractivity contribution in [2.75, 3.05) is 22.9 Å². The normalized spacial score (nSPS) is 20.1. The molecule has 2 aliphatic heterocycles. The number of pyridine rings is 1. The highest BCUT2D eigenvalue weighted by atomic mass is 35.5. The first-order chi connectivity index (χ1) is 18.5. The van der Waals surface area contributed by atoms with Crippen LogP contribution >= 0.6 is 23.8 Å². The van der Waals surface area contributed by atoms with Gasteiger partial charge in [-0.25, -0.2) is 0 Å². The molecule has 8 heteroatoms. The Balaban J connectivity index is 1.42. The van der Waals surface area contributed by atoms with Gasteiger partial charge in [0.25, 0.3) is 0 Å². The fraction of sp³-hybridized carbons (Fsp3) is 0.267. The summed E-state index contributed by atoms with van der Waals surface area (Å²) < 4.78 is 2.13. The summed E-state index contributed by atoms with van der Waals surface area (Å²) in [4.78, 5) is 9.21. The number of rotatable bonds is 5. The minimum absolute atomic E-state index is 0.170. The molecule has 4 heterocycles. The maximum absolute atomic E-state index is 9.84. The summed E-state index contributed by atoms with van der Waals surface area (Å²) in [5.74, 6) is 0.989. The number of hydrogen-bond acceptors (Lipinski definition) is 4. The van der Waals surface area contributed by atoms with Gasteiger partial charge in [0.2, 0.25) is 0 Å². The van der Waals surface area contributed by atoms with Crippen molar-refractivity contribution >= 4 is 40.3 Å². The third-order valence-electron chi connectivity index (χ3n) is 7.64. The van der Waals surface area contributed by atoms with Crippen LogP contribution in [-0.2, 0) is 0 Å². The first-order valence-electron chi connectivity index (χ1n) is 13.0. The fourth-order valence-electron chi connectivity index (χ4n) is 5.57. The van der Waals surface area contributed by atoms with E-state index in [9.17, 15) is 5.11 Å². The zero-order chi connectivity index (χ0) is 26.2. The van der Waals surface area contributed by atoms with E-state index in [1.807, 2.05) is 54.9 Å². The van der Waals surface area contributed by atoms with Gasteiger partial charge in [-0.2, -0.15) is 0 Å². The number of phenolic OH excluding ortho intramolecular Hbond substituents is 1. The Bertz CT molecular complexity index is 1430. The molecule has 38 heavy (non-hydrogen) atoms. The lowest BCUT2D eigenvalue weighted by molar-refractivity contribution is 0.438. The third kappa shape index (κ3) is 4.61. The predicted molar refractivity (Wildman–Crippen MR) is 157 cm³/mol. The lowest BCUT2D eigenvalue weighted by atomic mass is 9.98. The molecule has 2 aliphatic rings. The number of hydrogen-bond donors (Lipinski definition) is 2. The van der Waals surface area contributed by atoms with Gasteiger partial charge in [0.05, 0.1) is 22.4 Å². The minimum Gasteiger partial charge on any atom is -0.508 e. The van der Waals surface area contributed by atoms with Crippen LogP contribution in [0.5, 0.6) is 5.75 Å². The summed E-state index contributed by atoms with van der Waals surface area (Å²) in [5.41, 5.74) is 4.91. The van der Waals surface area contributed by atoms with Crippen molar-refractivity contribution in [3.05, 3.63) is 102 Å². The largest absolute Gasteiger partial charge is 0.508 e. The second kappa shape index (κ2) is 10.3. The van der Waals surface area contributed by atoms with E-state index < -0.39 is 0 Å². The zero-order valence-electron chi connectivity index (χ0n) is 21.2. The lowest BCUT2D eigenvalue weighted by Crippen LogP contribution is -2.33. The smallest absolute Gasteiger partial charge is 0.174 e. The Hall–Kier alpha value is -3.55. The summed E-state index contributed by atoms with van der Waals surface area (Å²) in [7, 11) is 0. The van der Waals surface area contributed by atoms with Crippen LogP contribution in [0.1, 0.15) is 43.2 Å². The third-order valence-corrected chi connectivity index (χ3v) is 8.26. The molecule has 2 N–H and O–H groups in total. The van der Waals surface area contributed by atoms with Gasteiger partial charge in [-0.1, -0.05) is 24.6 Å². The van der Waals surface area contributed by atoms with Crippen molar-refractivity contribution in [1.29, 1.82) is 0 Å². The molecule has 2 atom stereocenters. The summed E-state index contributed by atoms with van der Waals surface area (Å²) in [6.07, 6.45) is 6.20. The highest BCUT2D eigenvalue weighted by Gasteiger charge is 2.42. The number of piperidine rings is 1. The van der Waals surface area contributed by atoms with Crippen LogP contribution in [0, 0.1) is 5.92 Å². The molecule has 6 nitrogen and oxygen atoms in total. The molecule has 194 valence electrons. The zero-order valence-corrected chi connectivity index (χ0v) is 22.7. The van der Waals surface area contributed by atoms with Crippen molar-refractivity contribution in [3.63, 3.8) is 0 Å². The molecule has 0 radical (unpaired) electrons. The van der Waals surface area contributed by atoms with Crippen LogP contribution in [-0.4, -0.2) is 32.9 Å². The van der Waals surface area contributed by atoms with Gasteiger partial charge in [0, 0.05) is 42.6 Å². The van der Waals surface area contributed by atoms with Crippen molar-refractivity contribution in [1.82, 2.24) is 14.9 Å². The molecule has 0 amide bonds. The molecule has 2 aromatic heterocycles. The maximum Gasteiger partial charge on any atom is 0.174 e. The van der Waals surface area contributed by atoms with E-state index in [4.69, 9.17) is 23.8 Å². The van der Waals surface area contributed by atoms with Gasteiger partial charge < -0.3 is 24.8 Å². The molecular weight excluding hydrogens is 514 g/mol. The average molecular weight is 544 g/mol. The summed E-state index contributed by atoms with van der Waals surface area (Å²) in [5, 5.41) is 14.7. The second-order valence-electron chi connectivity index (χ2n) is 10.1. The van der Waals surface area contributed by atoms with Crippen molar-refractivity contribution in [2.45, 2.75) is 31.8 Å². The summed E-state index contributed by atoms with van der Waals surface area (Å²) >= 11 is 12.9. The van der Waals surface area contributed by atoms with Crippen LogP contribution in [0.3, 0.4) is 0 Å². The van der Waals surface area contributed by atoms with Crippen molar-refractivity contribution in [2.24, 2.45) is 5.92 Å². The van der Waals surface area contributed by atoms with Crippen LogP contribution in [0.2, 0.25) is 5.02 Å². The molecule has 0 bridgehead atoms. The molecule has 0 aliphatic carbocycles. The second-order valence-corrected chi connectivity index (χ2v) is 10.9. The number of phenols is 1. The Labute approximate surface area is 233 Å². The van der Waals surface area contributed by atoms with E-state index in [2.05, 4.69) is 49.8 Å². The van der Waals surface area contributed by atoms with Crippen molar-refractivity contribution < 1.29 is 5.11 Å². The number of anilines is 2. The first-order valence-corrected chi connectivity index (χ1v) is 13.8. The molecule has 0 unspecified atom stereocenters. The standard InChI is InChI=1S/C30H30ClN5OS/c1-20-13-17-34(18-14-20)26-12-9-22(19-24(26)31)36-29(28(33-30(36)38)25-5-2-3-15-32-25)27-6-4-16-35(27)21-7-10-23(37)11-8-21/h2-12,15-16,19-20,28-29,37H,13-14,17-18H2,1H3,(H,33,38)/t28-,29+/m1/s1. The van der Waals surface area contributed by atoms with Crippen LogP contribution in [0.15, 0.2) is 85.2 Å². The Kier molecular flexibility index (Phi) is 6.72. The predicted octanol–water partition coefficient (Wildman–Crippen LogP) is 6.64. The van der Waals surface area contributed by atoms with Gasteiger partial charge >= 0.3 is 0 Å². The van der Waals surface area contributed by atoms with Crippen LogP contribution in [0.4, 0.5) is 11.4 Å². The SMILES string of the molecule is CC1CCN(c2ccc(N3C(=S)N[C@H](c4ccccn4)[C@@H]3c3cccn3-c3ccc(O)cc3)cc2Cl)CC1. The van der Waals surface area contributed by atoms with Gasteiger partial charge in [-0.05, 0) is 97.7 Å². The fourth-order valence-corrected chi connectivity index (χ4v) is 6.21. The maximum atomic E-state index is 9.84. The number of aromatic nitrogens is 2.